The zero-order valence-electron chi connectivity index (χ0n) is 29.9. The highest BCUT2D eigenvalue weighted by atomic mass is 31.2. The molecule has 0 radical (unpaired) electrons. The Morgan fingerprint density at radius 2 is 1.71 bits per heavy atom. The molecule has 3 aromatic rings. The topological polar surface area (TPSA) is 205 Å². The van der Waals surface area contributed by atoms with Gasteiger partial charge in [0.25, 0.3) is 0 Å². The molecule has 2 aromatic heterocycles. The number of nitrogens with two attached hydrogens (primary N) is 1. The van der Waals surface area contributed by atoms with Crippen molar-refractivity contribution >= 4 is 37.0 Å². The van der Waals surface area contributed by atoms with Gasteiger partial charge in [-0.15, -0.1) is 0 Å². The van der Waals surface area contributed by atoms with Gasteiger partial charge in [0.1, 0.15) is 35.8 Å². The van der Waals surface area contributed by atoms with E-state index in [0.717, 1.165) is 0 Å². The number of para-hydroxylation sites is 1. The van der Waals surface area contributed by atoms with Crippen LogP contribution in [0.15, 0.2) is 48.8 Å². The van der Waals surface area contributed by atoms with E-state index in [-0.39, 0.29) is 30.5 Å². The van der Waals surface area contributed by atoms with Crippen molar-refractivity contribution in [1.29, 1.82) is 0 Å². The van der Waals surface area contributed by atoms with Crippen LogP contribution in [0.25, 0.3) is 10.4 Å². The van der Waals surface area contributed by atoms with Crippen LogP contribution >= 0.6 is 7.75 Å². The van der Waals surface area contributed by atoms with E-state index in [2.05, 4.69) is 20.0 Å². The predicted octanol–water partition coefficient (Wildman–Crippen LogP) is 4.04. The Hall–Kier alpha value is -4.59. The molecule has 6 atom stereocenters. The summed E-state index contributed by atoms with van der Waals surface area (Å²) in [6.07, 6.45) is -3.65. The van der Waals surface area contributed by atoms with Gasteiger partial charge in [0, 0.05) is 0 Å². The molecule has 0 aliphatic carbocycles. The highest BCUT2D eigenvalue weighted by Gasteiger charge is 2.68. The third-order valence-corrected chi connectivity index (χ3v) is 9.70. The Labute approximate surface area is 300 Å². The second-order valence-corrected chi connectivity index (χ2v) is 16.2. The van der Waals surface area contributed by atoms with Crippen molar-refractivity contribution in [3.05, 3.63) is 65.9 Å². The highest BCUT2D eigenvalue weighted by molar-refractivity contribution is 7.52. The molecule has 5 rings (SSSR count). The van der Waals surface area contributed by atoms with Gasteiger partial charge in [-0.3, -0.25) is 28.5 Å². The summed E-state index contributed by atoms with van der Waals surface area (Å²) in [7, 11) is -4.58. The van der Waals surface area contributed by atoms with Gasteiger partial charge in [0.05, 0.1) is 29.7 Å². The van der Waals surface area contributed by atoms with Crippen LogP contribution in [0.2, 0.25) is 0 Å². The lowest BCUT2D eigenvalue weighted by molar-refractivity contribution is -0.180. The molecule has 2 aliphatic rings. The number of hydrogen-bond acceptors (Lipinski definition) is 14. The zero-order valence-corrected chi connectivity index (χ0v) is 30.8. The molecule has 0 spiro atoms. The van der Waals surface area contributed by atoms with Gasteiger partial charge in [0.2, 0.25) is 6.10 Å². The zero-order chi connectivity index (χ0) is 38.1. The Morgan fingerprint density at radius 3 is 2.31 bits per heavy atom. The summed E-state index contributed by atoms with van der Waals surface area (Å²) in [5.74, 6) is -1.95. The van der Waals surface area contributed by atoms with Gasteiger partial charge in [-0.2, -0.15) is 10.2 Å². The third kappa shape index (κ3) is 8.38. The molecule has 0 amide bonds. The molecule has 2 fully saturated rings. The number of hydrogen-bond donors (Lipinski definition) is 2. The molecule has 280 valence electrons. The highest BCUT2D eigenvalue weighted by Crippen LogP contribution is 2.51. The van der Waals surface area contributed by atoms with Crippen molar-refractivity contribution < 1.29 is 51.7 Å². The largest absolute Gasteiger partial charge is 0.459 e. The number of ether oxygens (including phenoxy) is 5. The first kappa shape index (κ1) is 38.6. The summed E-state index contributed by atoms with van der Waals surface area (Å²) in [4.78, 5) is 47.7. The van der Waals surface area contributed by atoms with E-state index in [9.17, 15) is 18.9 Å². The van der Waals surface area contributed by atoms with Gasteiger partial charge in [0.15, 0.2) is 18.5 Å². The van der Waals surface area contributed by atoms with Crippen LogP contribution in [0.1, 0.15) is 60.3 Å². The van der Waals surface area contributed by atoms with Crippen LogP contribution in [0.5, 0.6) is 5.75 Å². The number of aromatic nitrogens is 3. The van der Waals surface area contributed by atoms with E-state index in [4.69, 9.17) is 45.0 Å². The van der Waals surface area contributed by atoms with E-state index in [1.165, 1.54) is 29.9 Å². The molecule has 0 bridgehead atoms. The molecule has 52 heavy (non-hydrogen) atoms. The summed E-state index contributed by atoms with van der Waals surface area (Å²) >= 11 is 0. The predicted molar refractivity (Wildman–Crippen MR) is 183 cm³/mol. The molecule has 17 nitrogen and oxygen atoms in total. The number of carbonyl (C=O) groups excluding carboxylic acids is 3. The summed E-state index contributed by atoms with van der Waals surface area (Å²) in [6, 6.07) is 10.00. The normalized spacial score (nSPS) is 23.8. The van der Waals surface area contributed by atoms with Crippen LogP contribution in [-0.4, -0.2) is 82.4 Å². The fourth-order valence-electron chi connectivity index (χ4n) is 5.03. The number of nitrogens with one attached hydrogen (secondary N) is 1. The number of fused-ring (bicyclic) bond motifs is 1. The van der Waals surface area contributed by atoms with Crippen LogP contribution in [0.4, 0.5) is 5.82 Å². The van der Waals surface area contributed by atoms with Crippen molar-refractivity contribution in [1.82, 2.24) is 19.7 Å². The third-order valence-electron chi connectivity index (χ3n) is 8.07. The molecule has 3 N–H and O–H groups in total. The van der Waals surface area contributed by atoms with Gasteiger partial charge < -0.3 is 29.2 Å². The first-order valence-corrected chi connectivity index (χ1v) is 18.0. The van der Waals surface area contributed by atoms with Crippen LogP contribution < -0.4 is 15.3 Å². The smallest absolute Gasteiger partial charge is 0.456 e. The number of nitrogen functional groups attached to an aromatic ring is 1. The number of rotatable bonds is 12. The van der Waals surface area contributed by atoms with Crippen LogP contribution in [0, 0.1) is 17.4 Å². The number of esters is 3. The average Bonchev–Trinajstić information content (AvgIpc) is 3.61. The second kappa shape index (κ2) is 14.8. The van der Waals surface area contributed by atoms with E-state index in [1.807, 2.05) is 0 Å². The molecule has 4 heterocycles. The summed E-state index contributed by atoms with van der Waals surface area (Å²) in [5.41, 5.74) is 2.34. The molecule has 1 aromatic carbocycles. The van der Waals surface area contributed by atoms with Crippen LogP contribution in [0.3, 0.4) is 0 Å². The molecule has 18 heteroatoms. The average molecular weight is 743 g/mol. The summed E-state index contributed by atoms with van der Waals surface area (Å²) in [5, 5.41) is 6.86. The van der Waals surface area contributed by atoms with Crippen molar-refractivity contribution in [2.75, 3.05) is 25.6 Å². The molecule has 0 saturated carbocycles. The SMILES string of the molecule is [C-]#[N+][C@]1(COP(=O)(N[C@@H](C)C(=O)OC2COC2)Oc2ccccc2)O[C@@H](c2ccc3c(N)ncnn23)[C@H](OC(=O)C(C)(C)C)[C@@H]1OC(=O)C(C)(C)C. The fraction of sp³-hybridized carbons (Fsp3) is 0.529. The van der Waals surface area contributed by atoms with Gasteiger partial charge in [-0.05, 0) is 72.7 Å². The fourth-order valence-corrected chi connectivity index (χ4v) is 6.54. The quantitative estimate of drug-likeness (QED) is 0.116. The first-order valence-electron chi connectivity index (χ1n) is 16.5. The lowest BCUT2D eigenvalue weighted by atomic mass is 9.95. The maximum Gasteiger partial charge on any atom is 0.459 e. The molecule has 2 saturated heterocycles. The molecular weight excluding hydrogens is 699 g/mol. The van der Waals surface area contributed by atoms with Gasteiger partial charge in [-0.25, -0.2) is 20.6 Å². The minimum Gasteiger partial charge on any atom is -0.456 e. The number of anilines is 1. The van der Waals surface area contributed by atoms with E-state index >= 15 is 0 Å². The standard InChI is InChI=1S/C34H43N6O11P/c1-20(29(41)47-22-16-45-17-22)39-52(44,51-21-12-10-9-11-13-21)46-18-34(36-8)27(49-31(43)33(5,6)7)26(48-30(42)32(2,3)4)25(50-34)23-14-15-24-28(35)37-19-38-40(23)24/h9-15,19-20,22,25-27H,16-18H2,1-7H3,(H,39,44)(H2,35,37,38)/t20-,25-,26-,27-,34+,52?/m0/s1. The maximum absolute atomic E-state index is 14.5. The summed E-state index contributed by atoms with van der Waals surface area (Å²) in [6.45, 7) is 19.1. The van der Waals surface area contributed by atoms with Crippen molar-refractivity contribution in [2.24, 2.45) is 10.8 Å². The minimum atomic E-state index is -4.58. The summed E-state index contributed by atoms with van der Waals surface area (Å²) < 4.78 is 56.6. The Balaban J connectivity index is 1.57. The number of nitrogens with zero attached hydrogens (tertiary/aromatic N) is 4. The lowest BCUT2D eigenvalue weighted by Gasteiger charge is -2.30. The van der Waals surface area contributed by atoms with Crippen molar-refractivity contribution in [3.8, 4) is 5.75 Å². The molecular formula is C34H43N6O11P. The minimum absolute atomic E-state index is 0.109. The number of benzene rings is 1. The van der Waals surface area contributed by atoms with Crippen molar-refractivity contribution in [3.63, 3.8) is 0 Å². The van der Waals surface area contributed by atoms with Gasteiger partial charge in [-0.1, -0.05) is 18.2 Å². The maximum atomic E-state index is 14.5. The molecule has 1 unspecified atom stereocenters. The Bertz CT molecular complexity index is 1880. The van der Waals surface area contributed by atoms with E-state index in [1.54, 1.807) is 71.9 Å². The van der Waals surface area contributed by atoms with Crippen molar-refractivity contribution in [2.45, 2.75) is 84.6 Å². The van der Waals surface area contributed by atoms with E-state index in [0.29, 0.717) is 5.52 Å². The number of carbonyl (C=O) groups is 3. The monoisotopic (exact) mass is 742 g/mol. The lowest BCUT2D eigenvalue weighted by Crippen LogP contribution is -2.50. The van der Waals surface area contributed by atoms with E-state index < -0.39 is 79.3 Å². The van der Waals surface area contributed by atoms with Crippen LogP contribution in [-0.2, 0) is 47.2 Å². The van der Waals surface area contributed by atoms with Gasteiger partial charge >= 0.3 is 31.4 Å². The Kier molecular flexibility index (Phi) is 11.0. The molecule has 2 aliphatic heterocycles. The first-order chi connectivity index (χ1) is 24.4. The Morgan fingerprint density at radius 1 is 1.06 bits per heavy atom. The second-order valence-electron chi connectivity index (χ2n) is 14.5.